The molecule has 0 radical (unpaired) electrons. The summed E-state index contributed by atoms with van der Waals surface area (Å²) in [5.74, 6) is 0.160. The Hall–Kier alpha value is -3.74. The largest absolute Gasteiger partial charge is 0.334 e. The number of unbranched alkanes of at least 4 members (excludes halogenated alkanes) is 1. The molecule has 0 fully saturated rings. The lowest BCUT2D eigenvalue weighted by Crippen LogP contribution is -2.18. The van der Waals surface area contributed by atoms with Gasteiger partial charge in [0.1, 0.15) is 18.1 Å². The van der Waals surface area contributed by atoms with Gasteiger partial charge in [-0.25, -0.2) is 4.39 Å². The molecule has 1 N–H and O–H groups in total. The van der Waals surface area contributed by atoms with E-state index in [4.69, 9.17) is 4.52 Å². The van der Waals surface area contributed by atoms with Crippen molar-refractivity contribution in [1.29, 1.82) is 0 Å². The van der Waals surface area contributed by atoms with Gasteiger partial charge in [-0.1, -0.05) is 30.6 Å². The van der Waals surface area contributed by atoms with Crippen LogP contribution in [0.5, 0.6) is 0 Å². The summed E-state index contributed by atoms with van der Waals surface area (Å²) in [7, 11) is 0. The molecule has 2 aromatic heterocycles. The van der Waals surface area contributed by atoms with Crippen molar-refractivity contribution in [3.63, 3.8) is 0 Å². The first-order chi connectivity index (χ1) is 15.1. The zero-order chi connectivity index (χ0) is 21.6. The molecule has 0 saturated carbocycles. The van der Waals surface area contributed by atoms with Crippen LogP contribution in [0.1, 0.15) is 25.3 Å². The third-order valence-corrected chi connectivity index (χ3v) is 4.95. The third kappa shape index (κ3) is 5.06. The fraction of sp³-hybridized carbons (Fsp3) is 0.208. The molecule has 0 saturated heterocycles. The number of halogens is 1. The normalized spacial score (nSPS) is 10.9. The number of hydrogen-bond acceptors (Lipinski definition) is 4. The van der Waals surface area contributed by atoms with Crippen molar-refractivity contribution in [2.24, 2.45) is 0 Å². The highest BCUT2D eigenvalue weighted by Gasteiger charge is 2.15. The van der Waals surface area contributed by atoms with Crippen molar-refractivity contribution >= 4 is 11.6 Å². The Bertz CT molecular complexity index is 1150. The van der Waals surface area contributed by atoms with Crippen LogP contribution in [0.2, 0.25) is 0 Å². The number of carbonyl (C=O) groups excluding carboxylic acids is 1. The Morgan fingerprint density at radius 1 is 1.10 bits per heavy atom. The quantitative estimate of drug-likeness (QED) is 0.420. The molecule has 0 spiro atoms. The second-order valence-electron chi connectivity index (χ2n) is 7.30. The van der Waals surface area contributed by atoms with Gasteiger partial charge in [-0.2, -0.15) is 4.98 Å². The van der Waals surface area contributed by atoms with E-state index in [0.29, 0.717) is 17.1 Å². The second-order valence-corrected chi connectivity index (χ2v) is 7.30. The molecule has 4 aromatic rings. The number of nitrogens with zero attached hydrogens (tertiary/aromatic N) is 3. The summed E-state index contributed by atoms with van der Waals surface area (Å²) in [6, 6.07) is 17.4. The van der Waals surface area contributed by atoms with E-state index in [1.165, 1.54) is 17.7 Å². The van der Waals surface area contributed by atoms with Crippen molar-refractivity contribution in [3.8, 4) is 23.0 Å². The lowest BCUT2D eigenvalue weighted by molar-refractivity contribution is -0.116. The fourth-order valence-corrected chi connectivity index (χ4v) is 3.28. The fourth-order valence-electron chi connectivity index (χ4n) is 3.28. The zero-order valence-electron chi connectivity index (χ0n) is 17.2. The maximum absolute atomic E-state index is 13.1. The van der Waals surface area contributed by atoms with E-state index in [9.17, 15) is 9.18 Å². The zero-order valence-corrected chi connectivity index (χ0v) is 17.2. The van der Waals surface area contributed by atoms with Crippen LogP contribution < -0.4 is 5.32 Å². The van der Waals surface area contributed by atoms with Gasteiger partial charge in [0.05, 0.1) is 0 Å². The lowest BCUT2D eigenvalue weighted by Gasteiger charge is -2.09. The SMILES string of the molecule is CCCCc1ccc(NC(=O)Cn2cccc2-c2nc(-c3ccc(F)cc3)no2)cc1. The summed E-state index contributed by atoms with van der Waals surface area (Å²) in [5.41, 5.74) is 3.30. The van der Waals surface area contributed by atoms with Crippen molar-refractivity contribution in [2.45, 2.75) is 32.7 Å². The average Bonchev–Trinajstić information content (AvgIpc) is 3.43. The predicted octanol–water partition coefficient (Wildman–Crippen LogP) is 5.33. The molecule has 0 aliphatic heterocycles. The summed E-state index contributed by atoms with van der Waals surface area (Å²) >= 11 is 0. The van der Waals surface area contributed by atoms with Crippen molar-refractivity contribution in [3.05, 3.63) is 78.2 Å². The van der Waals surface area contributed by atoms with E-state index >= 15 is 0 Å². The summed E-state index contributed by atoms with van der Waals surface area (Å²) in [5, 5.41) is 6.88. The van der Waals surface area contributed by atoms with Crippen molar-refractivity contribution in [2.75, 3.05) is 5.32 Å². The molecule has 0 bridgehead atoms. The Labute approximate surface area is 179 Å². The Morgan fingerprint density at radius 3 is 2.61 bits per heavy atom. The molecule has 0 aliphatic carbocycles. The average molecular weight is 418 g/mol. The minimum absolute atomic E-state index is 0.105. The number of benzene rings is 2. The maximum atomic E-state index is 13.1. The van der Waals surface area contributed by atoms with E-state index in [-0.39, 0.29) is 24.2 Å². The molecule has 0 atom stereocenters. The number of amides is 1. The first-order valence-electron chi connectivity index (χ1n) is 10.3. The molecule has 0 unspecified atom stereocenters. The summed E-state index contributed by atoms with van der Waals surface area (Å²) in [6.07, 6.45) is 5.13. The lowest BCUT2D eigenvalue weighted by atomic mass is 10.1. The Morgan fingerprint density at radius 2 is 1.87 bits per heavy atom. The molecule has 1 amide bonds. The van der Waals surface area contributed by atoms with Gasteiger partial charge in [-0.3, -0.25) is 4.79 Å². The van der Waals surface area contributed by atoms with Gasteiger partial charge in [0.15, 0.2) is 0 Å². The molecule has 31 heavy (non-hydrogen) atoms. The number of rotatable bonds is 8. The molecule has 4 rings (SSSR count). The van der Waals surface area contributed by atoms with E-state index in [0.717, 1.165) is 24.9 Å². The van der Waals surface area contributed by atoms with Crippen LogP contribution >= 0.6 is 0 Å². The van der Waals surface area contributed by atoms with Gasteiger partial charge in [0.2, 0.25) is 11.7 Å². The highest BCUT2D eigenvalue weighted by Crippen LogP contribution is 2.23. The van der Waals surface area contributed by atoms with Crippen LogP contribution in [0.15, 0.2) is 71.4 Å². The van der Waals surface area contributed by atoms with Crippen LogP contribution in [0.25, 0.3) is 23.0 Å². The third-order valence-electron chi connectivity index (χ3n) is 4.95. The monoisotopic (exact) mass is 418 g/mol. The summed E-state index contributed by atoms with van der Waals surface area (Å²) in [6.45, 7) is 2.27. The Kier molecular flexibility index (Phi) is 6.21. The van der Waals surface area contributed by atoms with Crippen LogP contribution in [-0.2, 0) is 17.8 Å². The molecule has 6 nitrogen and oxygen atoms in total. The van der Waals surface area contributed by atoms with Gasteiger partial charge in [-0.15, -0.1) is 0 Å². The number of aryl methyl sites for hydroxylation is 1. The van der Waals surface area contributed by atoms with Crippen LogP contribution in [0.3, 0.4) is 0 Å². The first kappa shape index (κ1) is 20.5. The number of anilines is 1. The predicted molar refractivity (Wildman–Crippen MR) is 117 cm³/mol. The van der Waals surface area contributed by atoms with Gasteiger partial charge in [0.25, 0.3) is 5.89 Å². The summed E-state index contributed by atoms with van der Waals surface area (Å²) in [4.78, 5) is 16.9. The van der Waals surface area contributed by atoms with Gasteiger partial charge >= 0.3 is 0 Å². The van der Waals surface area contributed by atoms with Crippen LogP contribution in [-0.4, -0.2) is 20.6 Å². The molecule has 0 aliphatic rings. The first-order valence-corrected chi connectivity index (χ1v) is 10.3. The van der Waals surface area contributed by atoms with E-state index in [1.54, 1.807) is 29.0 Å². The number of aromatic nitrogens is 3. The molecule has 158 valence electrons. The highest BCUT2D eigenvalue weighted by molar-refractivity contribution is 5.90. The van der Waals surface area contributed by atoms with Crippen molar-refractivity contribution < 1.29 is 13.7 Å². The molecule has 7 heteroatoms. The topological polar surface area (TPSA) is 73.0 Å². The van der Waals surface area contributed by atoms with Gasteiger partial charge in [-0.05, 0) is 66.9 Å². The number of carbonyl (C=O) groups is 1. The van der Waals surface area contributed by atoms with Crippen LogP contribution in [0.4, 0.5) is 10.1 Å². The molecule has 2 heterocycles. The smallest absolute Gasteiger partial charge is 0.274 e. The number of nitrogens with one attached hydrogen (secondary N) is 1. The van der Waals surface area contributed by atoms with Gasteiger partial charge < -0.3 is 14.4 Å². The minimum atomic E-state index is -0.331. The van der Waals surface area contributed by atoms with E-state index < -0.39 is 0 Å². The summed E-state index contributed by atoms with van der Waals surface area (Å²) < 4.78 is 20.2. The van der Waals surface area contributed by atoms with E-state index in [1.807, 2.05) is 30.3 Å². The standard InChI is InChI=1S/C24H23FN4O2/c1-2-3-5-17-7-13-20(14-8-17)26-22(30)16-29-15-4-6-21(29)24-27-23(28-31-24)18-9-11-19(25)12-10-18/h4,6-15H,2-3,5,16H2,1H3,(H,26,30). The highest BCUT2D eigenvalue weighted by atomic mass is 19.1. The maximum Gasteiger partial charge on any atom is 0.274 e. The minimum Gasteiger partial charge on any atom is -0.334 e. The number of hydrogen-bond donors (Lipinski definition) is 1. The Balaban J connectivity index is 1.43. The van der Waals surface area contributed by atoms with Crippen molar-refractivity contribution in [1.82, 2.24) is 14.7 Å². The molecular formula is C24H23FN4O2. The van der Waals surface area contributed by atoms with E-state index in [2.05, 4.69) is 22.4 Å². The van der Waals surface area contributed by atoms with Crippen LogP contribution in [0, 0.1) is 5.82 Å². The molecular weight excluding hydrogens is 395 g/mol. The van der Waals surface area contributed by atoms with Gasteiger partial charge in [0, 0.05) is 17.4 Å². The second kappa shape index (κ2) is 9.38. The molecule has 2 aromatic carbocycles.